The minimum Gasteiger partial charge on any atom is -0.271 e. The largest absolute Gasteiger partial charge is 0.271 e. The number of aryl methyl sites for hydroxylation is 1. The zero-order chi connectivity index (χ0) is 12.1. The molecule has 0 bridgehead atoms. The average Bonchev–Trinajstić information content (AvgIpc) is 2.97. The van der Waals surface area contributed by atoms with Gasteiger partial charge < -0.3 is 0 Å². The van der Waals surface area contributed by atoms with Crippen molar-refractivity contribution < 1.29 is 0 Å². The van der Waals surface area contributed by atoms with Gasteiger partial charge in [0.1, 0.15) is 12.2 Å². The van der Waals surface area contributed by atoms with Crippen molar-refractivity contribution >= 4 is 0 Å². The predicted octanol–water partition coefficient (Wildman–Crippen LogP) is 1.25. The van der Waals surface area contributed by atoms with Crippen molar-refractivity contribution in [2.45, 2.75) is 58.0 Å². The van der Waals surface area contributed by atoms with Crippen molar-refractivity contribution in [2.24, 2.45) is 11.8 Å². The third kappa shape index (κ3) is 3.04. The quantitative estimate of drug-likeness (QED) is 0.577. The molecule has 0 aromatic carbocycles. The summed E-state index contributed by atoms with van der Waals surface area (Å²) in [5.74, 6) is 7.44. The first-order valence-electron chi connectivity index (χ1n) is 6.68. The van der Waals surface area contributed by atoms with Crippen LogP contribution < -0.4 is 11.3 Å². The van der Waals surface area contributed by atoms with E-state index in [9.17, 15) is 0 Å². The second-order valence-corrected chi connectivity index (χ2v) is 4.92. The van der Waals surface area contributed by atoms with Crippen LogP contribution >= 0.6 is 0 Å². The van der Waals surface area contributed by atoms with Gasteiger partial charge in [-0.2, -0.15) is 5.10 Å². The highest BCUT2D eigenvalue weighted by Gasteiger charge is 2.25. The van der Waals surface area contributed by atoms with Crippen LogP contribution in [-0.4, -0.2) is 20.8 Å². The lowest BCUT2D eigenvalue weighted by Crippen LogP contribution is -2.42. The van der Waals surface area contributed by atoms with Gasteiger partial charge in [0.15, 0.2) is 0 Å². The van der Waals surface area contributed by atoms with Crippen LogP contribution in [-0.2, 0) is 13.0 Å². The van der Waals surface area contributed by atoms with Crippen LogP contribution in [0.5, 0.6) is 0 Å². The Bertz CT molecular complexity index is 329. The monoisotopic (exact) mass is 237 g/mol. The molecule has 0 radical (unpaired) electrons. The summed E-state index contributed by atoms with van der Waals surface area (Å²) in [6, 6.07) is 0.345. The first-order chi connectivity index (χ1) is 8.35. The molecule has 1 unspecified atom stereocenters. The topological polar surface area (TPSA) is 68.8 Å². The highest BCUT2D eigenvalue weighted by Crippen LogP contribution is 2.28. The number of nitrogens with two attached hydrogens (primary N) is 1. The first kappa shape index (κ1) is 12.5. The van der Waals surface area contributed by atoms with E-state index in [0.717, 1.165) is 25.2 Å². The SMILES string of the molecule is CCCn1ncnc1CC(NN)C1CCCC1. The van der Waals surface area contributed by atoms with Crippen LogP contribution in [0.25, 0.3) is 0 Å². The van der Waals surface area contributed by atoms with Gasteiger partial charge in [0.2, 0.25) is 0 Å². The van der Waals surface area contributed by atoms with E-state index < -0.39 is 0 Å². The van der Waals surface area contributed by atoms with Crippen LogP contribution in [0.15, 0.2) is 6.33 Å². The lowest BCUT2D eigenvalue weighted by Gasteiger charge is -2.22. The van der Waals surface area contributed by atoms with Crippen molar-refractivity contribution in [1.29, 1.82) is 0 Å². The number of aromatic nitrogens is 3. The minimum atomic E-state index is 0.345. The van der Waals surface area contributed by atoms with Crippen LogP contribution in [0.3, 0.4) is 0 Å². The third-order valence-electron chi connectivity index (χ3n) is 3.72. The Morgan fingerprint density at radius 1 is 1.53 bits per heavy atom. The molecular formula is C12H23N5. The van der Waals surface area contributed by atoms with Crippen molar-refractivity contribution in [3.63, 3.8) is 0 Å². The Morgan fingerprint density at radius 2 is 2.29 bits per heavy atom. The predicted molar refractivity (Wildman–Crippen MR) is 67.1 cm³/mol. The van der Waals surface area contributed by atoms with Gasteiger partial charge in [-0.25, -0.2) is 4.98 Å². The second-order valence-electron chi connectivity index (χ2n) is 4.92. The van der Waals surface area contributed by atoms with Gasteiger partial charge in [0, 0.05) is 19.0 Å². The van der Waals surface area contributed by atoms with Crippen molar-refractivity contribution in [3.8, 4) is 0 Å². The average molecular weight is 237 g/mol. The van der Waals surface area contributed by atoms with E-state index in [1.165, 1.54) is 25.7 Å². The molecule has 96 valence electrons. The van der Waals surface area contributed by atoms with Gasteiger partial charge in [0.25, 0.3) is 0 Å². The molecule has 1 aliphatic carbocycles. The molecule has 0 spiro atoms. The molecule has 1 fully saturated rings. The Morgan fingerprint density at radius 3 is 2.94 bits per heavy atom. The van der Waals surface area contributed by atoms with Gasteiger partial charge >= 0.3 is 0 Å². The second kappa shape index (κ2) is 6.12. The standard InChI is InChI=1S/C12H23N5/c1-2-7-17-12(14-9-15-17)8-11(16-13)10-5-3-4-6-10/h9-11,16H,2-8,13H2,1H3. The summed E-state index contributed by atoms with van der Waals surface area (Å²) in [6.45, 7) is 3.10. The summed E-state index contributed by atoms with van der Waals surface area (Å²) in [6.07, 6.45) is 8.87. The molecule has 1 heterocycles. The molecule has 17 heavy (non-hydrogen) atoms. The molecular weight excluding hydrogens is 214 g/mol. The lowest BCUT2D eigenvalue weighted by molar-refractivity contribution is 0.350. The fraction of sp³-hybridized carbons (Fsp3) is 0.833. The molecule has 1 saturated carbocycles. The molecule has 0 saturated heterocycles. The number of hydrogen-bond acceptors (Lipinski definition) is 4. The smallest absolute Gasteiger partial charge is 0.138 e. The number of nitrogens with one attached hydrogen (secondary N) is 1. The minimum absolute atomic E-state index is 0.345. The molecule has 0 aliphatic heterocycles. The van der Waals surface area contributed by atoms with E-state index >= 15 is 0 Å². The van der Waals surface area contributed by atoms with Crippen LogP contribution in [0, 0.1) is 5.92 Å². The molecule has 1 aliphatic rings. The normalized spacial score (nSPS) is 18.7. The molecule has 0 amide bonds. The molecule has 5 nitrogen and oxygen atoms in total. The maximum atomic E-state index is 5.69. The Hall–Kier alpha value is -0.940. The van der Waals surface area contributed by atoms with E-state index in [4.69, 9.17) is 5.84 Å². The van der Waals surface area contributed by atoms with E-state index in [0.29, 0.717) is 12.0 Å². The molecule has 3 N–H and O–H groups in total. The highest BCUT2D eigenvalue weighted by atomic mass is 15.3. The highest BCUT2D eigenvalue weighted by molar-refractivity contribution is 4.92. The number of hydrogen-bond donors (Lipinski definition) is 2. The maximum Gasteiger partial charge on any atom is 0.138 e. The maximum absolute atomic E-state index is 5.69. The van der Waals surface area contributed by atoms with E-state index in [2.05, 4.69) is 22.4 Å². The summed E-state index contributed by atoms with van der Waals surface area (Å²) >= 11 is 0. The summed E-state index contributed by atoms with van der Waals surface area (Å²) in [7, 11) is 0. The van der Waals surface area contributed by atoms with Gasteiger partial charge in [0.05, 0.1) is 0 Å². The zero-order valence-electron chi connectivity index (χ0n) is 10.6. The number of nitrogens with zero attached hydrogens (tertiary/aromatic N) is 3. The molecule has 1 aromatic rings. The fourth-order valence-electron chi connectivity index (χ4n) is 2.76. The van der Waals surface area contributed by atoms with Crippen molar-refractivity contribution in [3.05, 3.63) is 12.2 Å². The molecule has 5 heteroatoms. The van der Waals surface area contributed by atoms with Crippen molar-refractivity contribution in [2.75, 3.05) is 0 Å². The zero-order valence-corrected chi connectivity index (χ0v) is 10.6. The van der Waals surface area contributed by atoms with Crippen LogP contribution in [0.4, 0.5) is 0 Å². The van der Waals surface area contributed by atoms with Crippen molar-refractivity contribution in [1.82, 2.24) is 20.2 Å². The number of hydrazine groups is 1. The first-order valence-corrected chi connectivity index (χ1v) is 6.68. The lowest BCUT2D eigenvalue weighted by atomic mass is 9.95. The van der Waals surface area contributed by atoms with Crippen LogP contribution in [0.2, 0.25) is 0 Å². The van der Waals surface area contributed by atoms with Crippen LogP contribution in [0.1, 0.15) is 44.9 Å². The fourth-order valence-corrected chi connectivity index (χ4v) is 2.76. The summed E-state index contributed by atoms with van der Waals surface area (Å²) < 4.78 is 2.00. The molecule has 1 aromatic heterocycles. The van der Waals surface area contributed by atoms with Gasteiger partial charge in [-0.05, 0) is 25.2 Å². The molecule has 2 rings (SSSR count). The summed E-state index contributed by atoms with van der Waals surface area (Å²) in [5.41, 5.74) is 2.97. The Kier molecular flexibility index (Phi) is 4.50. The Balaban J connectivity index is 1.99. The Labute approximate surface area is 103 Å². The summed E-state index contributed by atoms with van der Waals surface area (Å²) in [5, 5.41) is 4.26. The third-order valence-corrected chi connectivity index (χ3v) is 3.72. The van der Waals surface area contributed by atoms with E-state index in [1.54, 1.807) is 6.33 Å². The van der Waals surface area contributed by atoms with Gasteiger partial charge in [-0.3, -0.25) is 16.0 Å². The summed E-state index contributed by atoms with van der Waals surface area (Å²) in [4.78, 5) is 4.35. The number of rotatable bonds is 6. The van der Waals surface area contributed by atoms with Gasteiger partial charge in [-0.15, -0.1) is 0 Å². The van der Waals surface area contributed by atoms with Gasteiger partial charge in [-0.1, -0.05) is 19.8 Å². The van der Waals surface area contributed by atoms with E-state index in [-0.39, 0.29) is 0 Å². The van der Waals surface area contributed by atoms with E-state index in [1.807, 2.05) is 4.68 Å². The molecule has 1 atom stereocenters.